The summed E-state index contributed by atoms with van der Waals surface area (Å²) in [5, 5.41) is 16.1. The molecule has 0 bridgehead atoms. The highest BCUT2D eigenvalue weighted by Gasteiger charge is 2.16. The summed E-state index contributed by atoms with van der Waals surface area (Å²) in [4.78, 5) is 12.4. The maximum absolute atomic E-state index is 13.6. The number of H-pyrrole nitrogens is 1. The van der Waals surface area contributed by atoms with Crippen molar-refractivity contribution >= 4 is 22.6 Å². The molecule has 0 saturated carbocycles. The monoisotopic (exact) mass is 297 g/mol. The summed E-state index contributed by atoms with van der Waals surface area (Å²) in [6, 6.07) is 8.13. The minimum absolute atomic E-state index is 0.155. The number of nitrogens with one attached hydrogen (secondary N) is 3. The second-order valence-corrected chi connectivity index (χ2v) is 5.19. The molecule has 1 aliphatic heterocycles. The fraction of sp³-hybridized carbons (Fsp3) is 0.133. The van der Waals surface area contributed by atoms with Crippen molar-refractivity contribution in [2.45, 2.75) is 13.1 Å². The van der Waals surface area contributed by atoms with Crippen molar-refractivity contribution in [3.05, 3.63) is 52.8 Å². The summed E-state index contributed by atoms with van der Waals surface area (Å²) in [6.45, 7) is 1.62. The Morgan fingerprint density at radius 3 is 2.91 bits per heavy atom. The first kappa shape index (κ1) is 12.9. The third-order valence-electron chi connectivity index (χ3n) is 3.73. The van der Waals surface area contributed by atoms with Crippen LogP contribution in [0.1, 0.15) is 21.5 Å². The summed E-state index contributed by atoms with van der Waals surface area (Å²) < 4.78 is 13.6. The fourth-order valence-electron chi connectivity index (χ4n) is 2.66. The molecule has 22 heavy (non-hydrogen) atoms. The second-order valence-electron chi connectivity index (χ2n) is 5.19. The van der Waals surface area contributed by atoms with Gasteiger partial charge in [-0.25, -0.2) is 4.39 Å². The quantitative estimate of drug-likeness (QED) is 0.675. The molecule has 2 aromatic carbocycles. The van der Waals surface area contributed by atoms with Gasteiger partial charge in [-0.1, -0.05) is 6.07 Å². The van der Waals surface area contributed by atoms with Crippen molar-refractivity contribution in [2.75, 3.05) is 5.32 Å². The molecule has 1 aliphatic rings. The number of carbonyl (C=O) groups is 1. The molecule has 0 atom stereocenters. The number of aromatic amines is 1. The van der Waals surface area contributed by atoms with Gasteiger partial charge in [-0.05, 0) is 29.3 Å². The zero-order chi connectivity index (χ0) is 15.1. The second kappa shape index (κ2) is 4.88. The smallest absolute Gasteiger partial charge is 0.258 e. The highest BCUT2D eigenvalue weighted by atomic mass is 19.1. The number of benzene rings is 2. The topological polar surface area (TPSA) is 82.7 Å². The van der Waals surface area contributed by atoms with Crippen LogP contribution >= 0.6 is 0 Å². The number of hydrogen-bond acceptors (Lipinski definition) is 4. The van der Waals surface area contributed by atoms with Crippen molar-refractivity contribution < 1.29 is 9.18 Å². The summed E-state index contributed by atoms with van der Waals surface area (Å²) in [6.07, 6.45) is 0. The van der Waals surface area contributed by atoms with Gasteiger partial charge in [0.05, 0.1) is 5.56 Å². The van der Waals surface area contributed by atoms with Crippen LogP contribution in [0.2, 0.25) is 0 Å². The van der Waals surface area contributed by atoms with E-state index < -0.39 is 11.7 Å². The Kier molecular flexibility index (Phi) is 2.87. The van der Waals surface area contributed by atoms with E-state index in [0.717, 1.165) is 24.7 Å². The molecule has 7 heteroatoms. The Hall–Kier alpha value is -2.80. The fourth-order valence-corrected chi connectivity index (χ4v) is 2.66. The molecule has 0 unspecified atom stereocenters. The Bertz CT molecular complexity index is 889. The Morgan fingerprint density at radius 1 is 1.14 bits per heavy atom. The maximum Gasteiger partial charge on any atom is 0.258 e. The number of halogens is 1. The number of carbonyl (C=O) groups excluding carboxylic acids is 1. The number of anilines is 1. The minimum Gasteiger partial charge on any atom is -0.322 e. The van der Waals surface area contributed by atoms with E-state index in [-0.39, 0.29) is 5.56 Å². The molecule has 0 fully saturated rings. The molecule has 0 saturated heterocycles. The molecule has 1 amide bonds. The van der Waals surface area contributed by atoms with E-state index in [9.17, 15) is 9.18 Å². The minimum atomic E-state index is -0.523. The van der Waals surface area contributed by atoms with Crippen molar-refractivity contribution in [3.8, 4) is 0 Å². The van der Waals surface area contributed by atoms with E-state index >= 15 is 0 Å². The average molecular weight is 297 g/mol. The van der Waals surface area contributed by atoms with E-state index in [0.29, 0.717) is 16.7 Å². The molecule has 2 heterocycles. The molecule has 0 radical (unpaired) electrons. The van der Waals surface area contributed by atoms with Crippen LogP contribution in [-0.2, 0) is 13.1 Å². The van der Waals surface area contributed by atoms with E-state index in [1.807, 2.05) is 18.2 Å². The lowest BCUT2D eigenvalue weighted by molar-refractivity contribution is 0.102. The van der Waals surface area contributed by atoms with Crippen molar-refractivity contribution in [1.29, 1.82) is 0 Å². The number of hydrogen-bond donors (Lipinski definition) is 3. The van der Waals surface area contributed by atoms with E-state index in [1.165, 1.54) is 11.6 Å². The summed E-state index contributed by atoms with van der Waals surface area (Å²) in [5.41, 5.74) is 3.88. The van der Waals surface area contributed by atoms with Crippen LogP contribution in [0, 0.1) is 5.82 Å². The molecule has 3 aromatic rings. The van der Waals surface area contributed by atoms with Crippen molar-refractivity contribution in [3.63, 3.8) is 0 Å². The highest BCUT2D eigenvalue weighted by Crippen LogP contribution is 2.22. The Morgan fingerprint density at radius 2 is 2.00 bits per heavy atom. The number of rotatable bonds is 2. The van der Waals surface area contributed by atoms with Gasteiger partial charge in [-0.2, -0.15) is 15.4 Å². The first-order valence-corrected chi connectivity index (χ1v) is 6.84. The standard InChI is InChI=1S/C15H12FN5O/c16-10-4-12(14-13(5-10)19-21-20-14)15(22)18-11-2-1-8-6-17-7-9(8)3-11/h1-5,17H,6-7H2,(H,18,22)(H,19,20,21). The van der Waals surface area contributed by atoms with Gasteiger partial charge in [0.1, 0.15) is 16.9 Å². The van der Waals surface area contributed by atoms with Crippen LogP contribution in [0.3, 0.4) is 0 Å². The van der Waals surface area contributed by atoms with Crippen LogP contribution in [0.4, 0.5) is 10.1 Å². The number of fused-ring (bicyclic) bond motifs is 2. The molecular weight excluding hydrogens is 285 g/mol. The lowest BCUT2D eigenvalue weighted by Gasteiger charge is -2.07. The summed E-state index contributed by atoms with van der Waals surface area (Å²) in [5.74, 6) is -0.936. The first-order chi connectivity index (χ1) is 10.7. The summed E-state index contributed by atoms with van der Waals surface area (Å²) in [7, 11) is 0. The van der Waals surface area contributed by atoms with Crippen LogP contribution in [0.25, 0.3) is 11.0 Å². The van der Waals surface area contributed by atoms with Crippen LogP contribution in [-0.4, -0.2) is 21.3 Å². The van der Waals surface area contributed by atoms with Gasteiger partial charge in [-0.15, -0.1) is 0 Å². The predicted molar refractivity (Wildman–Crippen MR) is 78.8 cm³/mol. The molecule has 0 aliphatic carbocycles. The van der Waals surface area contributed by atoms with Gasteiger partial charge in [0, 0.05) is 24.8 Å². The van der Waals surface area contributed by atoms with Gasteiger partial charge >= 0.3 is 0 Å². The SMILES string of the molecule is O=C(Nc1ccc2c(c1)CNC2)c1cc(F)cc2n[nH]nc12. The van der Waals surface area contributed by atoms with Crippen molar-refractivity contribution in [2.24, 2.45) is 0 Å². The van der Waals surface area contributed by atoms with Crippen molar-refractivity contribution in [1.82, 2.24) is 20.7 Å². The zero-order valence-electron chi connectivity index (χ0n) is 11.5. The normalized spacial score (nSPS) is 13.3. The maximum atomic E-state index is 13.6. The van der Waals surface area contributed by atoms with Crippen LogP contribution in [0.5, 0.6) is 0 Å². The lowest BCUT2D eigenvalue weighted by Crippen LogP contribution is -2.13. The number of nitrogens with zero attached hydrogens (tertiary/aromatic N) is 2. The van der Waals surface area contributed by atoms with Gasteiger partial charge < -0.3 is 10.6 Å². The third-order valence-corrected chi connectivity index (χ3v) is 3.73. The largest absolute Gasteiger partial charge is 0.322 e. The molecule has 0 spiro atoms. The van der Waals surface area contributed by atoms with Gasteiger partial charge in [0.15, 0.2) is 0 Å². The molecule has 4 rings (SSSR count). The number of aromatic nitrogens is 3. The van der Waals surface area contributed by atoms with Gasteiger partial charge in [0.2, 0.25) is 0 Å². The highest BCUT2D eigenvalue weighted by molar-refractivity contribution is 6.11. The molecule has 3 N–H and O–H groups in total. The molecular formula is C15H12FN5O. The first-order valence-electron chi connectivity index (χ1n) is 6.84. The van der Waals surface area contributed by atoms with E-state index in [4.69, 9.17) is 0 Å². The summed E-state index contributed by atoms with van der Waals surface area (Å²) >= 11 is 0. The number of amides is 1. The van der Waals surface area contributed by atoms with E-state index in [2.05, 4.69) is 26.0 Å². The molecule has 6 nitrogen and oxygen atoms in total. The van der Waals surface area contributed by atoms with Gasteiger partial charge in [0.25, 0.3) is 5.91 Å². The average Bonchev–Trinajstić information content (AvgIpc) is 3.13. The van der Waals surface area contributed by atoms with E-state index in [1.54, 1.807) is 0 Å². The predicted octanol–water partition coefficient (Wildman–Crippen LogP) is 1.95. The lowest BCUT2D eigenvalue weighted by atomic mass is 10.1. The third kappa shape index (κ3) is 2.11. The van der Waals surface area contributed by atoms with Crippen LogP contribution in [0.15, 0.2) is 30.3 Å². The van der Waals surface area contributed by atoms with Crippen LogP contribution < -0.4 is 10.6 Å². The molecule has 110 valence electrons. The van der Waals surface area contributed by atoms with Gasteiger partial charge in [-0.3, -0.25) is 4.79 Å². The molecule has 1 aromatic heterocycles. The Balaban J connectivity index is 1.68. The zero-order valence-corrected chi connectivity index (χ0v) is 11.5. The Labute approximate surface area is 124 Å².